The Morgan fingerprint density at radius 2 is 1.53 bits per heavy atom. The van der Waals surface area contributed by atoms with Crippen molar-refractivity contribution in [1.29, 1.82) is 0 Å². The van der Waals surface area contributed by atoms with Crippen LogP contribution >= 0.6 is 0 Å². The number of hydrogen-bond donors (Lipinski definition) is 0. The lowest BCUT2D eigenvalue weighted by Crippen LogP contribution is -2.38. The van der Waals surface area contributed by atoms with Crippen molar-refractivity contribution in [2.75, 3.05) is 0 Å². The topological polar surface area (TPSA) is 0 Å². The van der Waals surface area contributed by atoms with Gasteiger partial charge in [-0.3, -0.25) is 0 Å². The van der Waals surface area contributed by atoms with E-state index in [1.807, 2.05) is 0 Å². The zero-order valence-electron chi connectivity index (χ0n) is 11.2. The van der Waals surface area contributed by atoms with Gasteiger partial charge in [0.05, 0.1) is 8.07 Å². The molecule has 84 valence electrons. The molecule has 0 spiro atoms. The maximum Gasteiger partial charge on any atom is 0.0776 e. The summed E-state index contributed by atoms with van der Waals surface area (Å²) in [7, 11) is -1.17. The Labute approximate surface area is 95.7 Å². The third-order valence-electron chi connectivity index (χ3n) is 2.91. The predicted octanol–water partition coefficient (Wildman–Crippen LogP) is 3.84. The molecule has 0 saturated carbocycles. The van der Waals surface area contributed by atoms with E-state index in [4.69, 9.17) is 0 Å². The summed E-state index contributed by atoms with van der Waals surface area (Å²) in [6.45, 7) is 16.3. The molecule has 0 amide bonds. The van der Waals surface area contributed by atoms with Gasteiger partial charge in [0.2, 0.25) is 0 Å². The maximum absolute atomic E-state index is 2.43. The molecule has 1 heteroatoms. The van der Waals surface area contributed by atoms with Crippen LogP contribution in [-0.2, 0) is 5.41 Å². The highest BCUT2D eigenvalue weighted by Crippen LogP contribution is 2.25. The molecule has 0 N–H and O–H groups in total. The SMILES string of the molecule is Cc1ccc([Si](C)(C)C)cc1C(C)(C)C. The highest BCUT2D eigenvalue weighted by molar-refractivity contribution is 6.88. The van der Waals surface area contributed by atoms with Gasteiger partial charge in [0.15, 0.2) is 0 Å². The summed E-state index contributed by atoms with van der Waals surface area (Å²) in [5.74, 6) is 0. The molecular weight excluding hydrogens is 196 g/mol. The third kappa shape index (κ3) is 2.94. The van der Waals surface area contributed by atoms with Gasteiger partial charge in [-0.2, -0.15) is 0 Å². The van der Waals surface area contributed by atoms with Gasteiger partial charge in [-0.25, -0.2) is 0 Å². The van der Waals surface area contributed by atoms with Crippen molar-refractivity contribution in [2.45, 2.75) is 52.8 Å². The quantitative estimate of drug-likeness (QED) is 0.631. The number of benzene rings is 1. The molecule has 0 nitrogen and oxygen atoms in total. The van der Waals surface area contributed by atoms with Crippen LogP contribution in [0.4, 0.5) is 0 Å². The number of rotatable bonds is 1. The maximum atomic E-state index is 2.43. The van der Waals surface area contributed by atoms with E-state index in [-0.39, 0.29) is 5.41 Å². The van der Waals surface area contributed by atoms with Crippen molar-refractivity contribution < 1.29 is 0 Å². The lowest BCUT2D eigenvalue weighted by molar-refractivity contribution is 0.586. The van der Waals surface area contributed by atoms with E-state index in [0.29, 0.717) is 0 Å². The van der Waals surface area contributed by atoms with Gasteiger partial charge in [0.25, 0.3) is 0 Å². The van der Waals surface area contributed by atoms with Gasteiger partial charge >= 0.3 is 0 Å². The summed E-state index contributed by atoms with van der Waals surface area (Å²) in [6, 6.07) is 7.03. The Kier molecular flexibility index (Phi) is 3.15. The smallest absolute Gasteiger partial charge is 0.0656 e. The molecular formula is C14H24Si. The Morgan fingerprint density at radius 3 is 1.93 bits per heavy atom. The summed E-state index contributed by atoms with van der Waals surface area (Å²) in [5, 5.41) is 1.57. The minimum atomic E-state index is -1.17. The molecule has 0 aliphatic carbocycles. The highest BCUT2D eigenvalue weighted by atomic mass is 28.3. The number of aryl methyl sites for hydroxylation is 1. The Balaban J connectivity index is 3.30. The van der Waals surface area contributed by atoms with Crippen molar-refractivity contribution in [3.63, 3.8) is 0 Å². The molecule has 0 atom stereocenters. The summed E-state index contributed by atoms with van der Waals surface area (Å²) in [5.41, 5.74) is 3.19. The van der Waals surface area contributed by atoms with Crippen molar-refractivity contribution in [3.05, 3.63) is 29.3 Å². The van der Waals surface area contributed by atoms with Crippen LogP contribution in [0.2, 0.25) is 19.6 Å². The second-order valence-corrected chi connectivity index (χ2v) is 11.6. The van der Waals surface area contributed by atoms with Crippen molar-refractivity contribution in [3.8, 4) is 0 Å². The summed E-state index contributed by atoms with van der Waals surface area (Å²) in [6.07, 6.45) is 0. The van der Waals surface area contributed by atoms with Crippen LogP contribution in [0.25, 0.3) is 0 Å². The molecule has 0 radical (unpaired) electrons. The van der Waals surface area contributed by atoms with E-state index in [2.05, 4.69) is 65.5 Å². The van der Waals surface area contributed by atoms with Gasteiger partial charge in [-0.1, -0.05) is 63.8 Å². The lowest BCUT2D eigenvalue weighted by Gasteiger charge is -2.25. The molecule has 1 aromatic rings. The molecule has 0 aliphatic rings. The van der Waals surface area contributed by atoms with E-state index in [0.717, 1.165) is 0 Å². The van der Waals surface area contributed by atoms with E-state index < -0.39 is 8.07 Å². The normalized spacial score (nSPS) is 13.0. The van der Waals surface area contributed by atoms with Gasteiger partial charge < -0.3 is 0 Å². The van der Waals surface area contributed by atoms with E-state index in [9.17, 15) is 0 Å². The molecule has 0 saturated heterocycles. The third-order valence-corrected chi connectivity index (χ3v) is 4.95. The average Bonchev–Trinajstić information content (AvgIpc) is 2.00. The Morgan fingerprint density at radius 1 is 1.00 bits per heavy atom. The standard InChI is InChI=1S/C14H24Si/c1-11-8-9-12(15(5,6)7)10-13(11)14(2,3)4/h8-10H,1-7H3. The Bertz CT molecular complexity index is 351. The fourth-order valence-corrected chi connectivity index (χ4v) is 3.06. The minimum absolute atomic E-state index is 0.264. The molecule has 1 rings (SSSR count). The van der Waals surface area contributed by atoms with Gasteiger partial charge in [0, 0.05) is 0 Å². The van der Waals surface area contributed by atoms with Crippen LogP contribution in [0.1, 0.15) is 31.9 Å². The fourth-order valence-electron chi connectivity index (χ4n) is 1.90. The minimum Gasteiger partial charge on any atom is -0.0656 e. The fraction of sp³-hybridized carbons (Fsp3) is 0.571. The van der Waals surface area contributed by atoms with Crippen LogP contribution < -0.4 is 5.19 Å². The van der Waals surface area contributed by atoms with Crippen LogP contribution in [0.15, 0.2) is 18.2 Å². The highest BCUT2D eigenvalue weighted by Gasteiger charge is 2.21. The molecule has 0 bridgehead atoms. The lowest BCUT2D eigenvalue weighted by atomic mass is 9.84. The zero-order chi connectivity index (χ0) is 11.9. The summed E-state index contributed by atoms with van der Waals surface area (Å²) in [4.78, 5) is 0. The first-order valence-electron chi connectivity index (χ1n) is 5.74. The molecule has 0 heterocycles. The zero-order valence-corrected chi connectivity index (χ0v) is 12.2. The second-order valence-electron chi connectivity index (χ2n) is 6.53. The van der Waals surface area contributed by atoms with Crippen LogP contribution in [0, 0.1) is 6.92 Å². The van der Waals surface area contributed by atoms with E-state index in [1.54, 1.807) is 5.19 Å². The van der Waals surface area contributed by atoms with Crippen LogP contribution in [0.3, 0.4) is 0 Å². The summed E-state index contributed by atoms with van der Waals surface area (Å²) >= 11 is 0. The first kappa shape index (κ1) is 12.5. The first-order valence-corrected chi connectivity index (χ1v) is 9.24. The van der Waals surface area contributed by atoms with Crippen molar-refractivity contribution >= 4 is 13.3 Å². The predicted molar refractivity (Wildman–Crippen MR) is 72.9 cm³/mol. The molecule has 0 aliphatic heterocycles. The molecule has 0 fully saturated rings. The molecule has 0 unspecified atom stereocenters. The van der Waals surface area contributed by atoms with Gasteiger partial charge in [0.1, 0.15) is 0 Å². The Hall–Kier alpha value is -0.563. The molecule has 0 aromatic heterocycles. The summed E-state index contributed by atoms with van der Waals surface area (Å²) < 4.78 is 0. The number of hydrogen-bond acceptors (Lipinski definition) is 0. The largest absolute Gasteiger partial charge is 0.0776 e. The van der Waals surface area contributed by atoms with Crippen molar-refractivity contribution in [2.24, 2.45) is 0 Å². The van der Waals surface area contributed by atoms with Gasteiger partial charge in [-0.05, 0) is 23.5 Å². The molecule has 15 heavy (non-hydrogen) atoms. The first-order chi connectivity index (χ1) is 6.62. The van der Waals surface area contributed by atoms with E-state index in [1.165, 1.54) is 11.1 Å². The monoisotopic (exact) mass is 220 g/mol. The second kappa shape index (κ2) is 3.78. The average molecular weight is 220 g/mol. The van der Waals surface area contributed by atoms with Gasteiger partial charge in [-0.15, -0.1) is 0 Å². The van der Waals surface area contributed by atoms with Crippen LogP contribution in [0.5, 0.6) is 0 Å². The van der Waals surface area contributed by atoms with Crippen LogP contribution in [-0.4, -0.2) is 8.07 Å². The van der Waals surface area contributed by atoms with Crippen molar-refractivity contribution in [1.82, 2.24) is 0 Å². The van der Waals surface area contributed by atoms with E-state index >= 15 is 0 Å². The molecule has 1 aromatic carbocycles.